The number of carbonyl (C=O) groups is 2. The average molecular weight is 339 g/mol. The fourth-order valence-electron chi connectivity index (χ4n) is 3.24. The summed E-state index contributed by atoms with van der Waals surface area (Å²) in [5.41, 5.74) is 0. The molecule has 0 fully saturated rings. The van der Waals surface area contributed by atoms with Crippen LogP contribution in [0.4, 0.5) is 0 Å². The number of hydrogen-bond acceptors (Lipinski definition) is 2. The van der Waals surface area contributed by atoms with Crippen molar-refractivity contribution in [1.29, 1.82) is 0 Å². The van der Waals surface area contributed by atoms with Crippen LogP contribution in [0.15, 0.2) is 0 Å². The summed E-state index contributed by atoms with van der Waals surface area (Å²) in [6, 6.07) is 0. The van der Waals surface area contributed by atoms with Crippen LogP contribution in [0.3, 0.4) is 0 Å². The van der Waals surface area contributed by atoms with Crippen molar-refractivity contribution >= 4 is 12.6 Å². The van der Waals surface area contributed by atoms with Gasteiger partial charge >= 0.3 is 0 Å². The highest BCUT2D eigenvalue weighted by molar-refractivity contribution is 5.52. The molecular weight excluding hydrogens is 296 g/mol. The summed E-state index contributed by atoms with van der Waals surface area (Å²) >= 11 is 0. The van der Waals surface area contributed by atoms with Gasteiger partial charge < -0.3 is 9.59 Å². The van der Waals surface area contributed by atoms with Crippen LogP contribution in [0.1, 0.15) is 122 Å². The lowest BCUT2D eigenvalue weighted by atomic mass is 10.0. The molecule has 0 aliphatic carbocycles. The maximum atomic E-state index is 10.5. The van der Waals surface area contributed by atoms with Gasteiger partial charge in [0, 0.05) is 12.3 Å². The Morgan fingerprint density at radius 3 is 1.21 bits per heavy atom. The van der Waals surface area contributed by atoms with Crippen molar-refractivity contribution in [2.24, 2.45) is 5.92 Å². The minimum atomic E-state index is 0.257. The van der Waals surface area contributed by atoms with E-state index < -0.39 is 0 Å². The predicted molar refractivity (Wildman–Crippen MR) is 104 cm³/mol. The second-order valence-electron chi connectivity index (χ2n) is 7.51. The van der Waals surface area contributed by atoms with Crippen molar-refractivity contribution in [3.05, 3.63) is 0 Å². The molecule has 0 spiro atoms. The molecule has 24 heavy (non-hydrogen) atoms. The first kappa shape index (κ1) is 23.3. The van der Waals surface area contributed by atoms with E-state index in [4.69, 9.17) is 0 Å². The summed E-state index contributed by atoms with van der Waals surface area (Å²) in [6.07, 6.45) is 25.4. The van der Waals surface area contributed by atoms with Gasteiger partial charge in [-0.2, -0.15) is 0 Å². The summed E-state index contributed by atoms with van der Waals surface area (Å²) in [7, 11) is 0. The Balaban J connectivity index is 3.00. The molecular formula is C22H42O2. The largest absolute Gasteiger partial charge is 0.303 e. The van der Waals surface area contributed by atoms with Gasteiger partial charge in [-0.3, -0.25) is 0 Å². The highest BCUT2D eigenvalue weighted by atomic mass is 16.1. The quantitative estimate of drug-likeness (QED) is 0.176. The lowest BCUT2D eigenvalue weighted by molar-refractivity contribution is -0.111. The van der Waals surface area contributed by atoms with Gasteiger partial charge in [-0.1, -0.05) is 103 Å². The van der Waals surface area contributed by atoms with Gasteiger partial charge in [0.15, 0.2) is 0 Å². The predicted octanol–water partition coefficient (Wildman–Crippen LogP) is 7.04. The van der Waals surface area contributed by atoms with Crippen LogP contribution < -0.4 is 0 Å². The molecule has 0 saturated carbocycles. The molecule has 2 heteroatoms. The smallest absolute Gasteiger partial charge is 0.122 e. The fourth-order valence-corrected chi connectivity index (χ4v) is 3.24. The van der Waals surface area contributed by atoms with Crippen molar-refractivity contribution < 1.29 is 9.59 Å². The molecule has 2 nitrogen and oxygen atoms in total. The maximum absolute atomic E-state index is 10.5. The van der Waals surface area contributed by atoms with E-state index in [2.05, 4.69) is 0 Å². The average Bonchev–Trinajstić information content (AvgIpc) is 2.60. The number of rotatable bonds is 20. The second-order valence-corrected chi connectivity index (χ2v) is 7.51. The molecule has 0 aromatic carbocycles. The minimum absolute atomic E-state index is 0.257. The summed E-state index contributed by atoms with van der Waals surface area (Å²) in [5, 5.41) is 0. The monoisotopic (exact) mass is 338 g/mol. The second kappa shape index (κ2) is 20.4. The summed E-state index contributed by atoms with van der Waals surface area (Å²) in [4.78, 5) is 20.7. The Bertz CT molecular complexity index is 263. The van der Waals surface area contributed by atoms with Gasteiger partial charge in [0.25, 0.3) is 0 Å². The Hall–Kier alpha value is -0.660. The Morgan fingerprint density at radius 2 is 0.875 bits per heavy atom. The first-order chi connectivity index (χ1) is 11.8. The highest BCUT2D eigenvalue weighted by Crippen LogP contribution is 2.14. The van der Waals surface area contributed by atoms with E-state index in [1.54, 1.807) is 0 Å². The van der Waals surface area contributed by atoms with Crippen LogP contribution in [-0.4, -0.2) is 12.6 Å². The van der Waals surface area contributed by atoms with E-state index in [-0.39, 0.29) is 5.92 Å². The zero-order valence-corrected chi connectivity index (χ0v) is 16.3. The van der Waals surface area contributed by atoms with Crippen LogP contribution in [0, 0.1) is 5.92 Å². The Morgan fingerprint density at radius 1 is 0.542 bits per heavy atom. The molecule has 0 rings (SSSR count). The molecule has 0 radical (unpaired) electrons. The molecule has 1 unspecified atom stereocenters. The van der Waals surface area contributed by atoms with Gasteiger partial charge in [-0.05, 0) is 12.8 Å². The topological polar surface area (TPSA) is 34.1 Å². The van der Waals surface area contributed by atoms with Crippen molar-refractivity contribution in [3.8, 4) is 0 Å². The van der Waals surface area contributed by atoms with Crippen molar-refractivity contribution in [2.75, 3.05) is 0 Å². The normalized spacial score (nSPS) is 12.2. The zero-order chi connectivity index (χ0) is 17.7. The molecule has 0 aromatic rings. The Labute approximate surface area is 151 Å². The standard InChI is InChI=1S/C22H42O2/c1-22(21-24)19-17-15-13-11-9-7-5-3-2-4-6-8-10-12-14-16-18-20-23/h20-22H,2-19H2,1H3. The van der Waals surface area contributed by atoms with Gasteiger partial charge in [-0.25, -0.2) is 0 Å². The summed E-state index contributed by atoms with van der Waals surface area (Å²) in [5.74, 6) is 0.257. The molecule has 0 N–H and O–H groups in total. The van der Waals surface area contributed by atoms with Crippen molar-refractivity contribution in [2.45, 2.75) is 122 Å². The third-order valence-corrected chi connectivity index (χ3v) is 4.96. The number of hydrogen-bond donors (Lipinski definition) is 0. The lowest BCUT2D eigenvalue weighted by Gasteiger charge is -2.04. The maximum Gasteiger partial charge on any atom is 0.122 e. The minimum Gasteiger partial charge on any atom is -0.303 e. The molecule has 0 aliphatic heterocycles. The third kappa shape index (κ3) is 19.4. The van der Waals surface area contributed by atoms with Crippen molar-refractivity contribution in [3.63, 3.8) is 0 Å². The van der Waals surface area contributed by atoms with E-state index in [0.29, 0.717) is 0 Å². The van der Waals surface area contributed by atoms with Crippen LogP contribution in [0.25, 0.3) is 0 Å². The molecule has 0 aromatic heterocycles. The van der Waals surface area contributed by atoms with Crippen LogP contribution in [0.5, 0.6) is 0 Å². The number of unbranched alkanes of at least 4 members (excludes halogenated alkanes) is 16. The van der Waals surface area contributed by atoms with E-state index in [1.165, 1.54) is 96.3 Å². The van der Waals surface area contributed by atoms with Crippen LogP contribution in [0.2, 0.25) is 0 Å². The van der Waals surface area contributed by atoms with Gasteiger partial charge in [0.1, 0.15) is 12.6 Å². The molecule has 0 amide bonds. The summed E-state index contributed by atoms with van der Waals surface area (Å²) < 4.78 is 0. The van der Waals surface area contributed by atoms with Crippen LogP contribution >= 0.6 is 0 Å². The molecule has 0 bridgehead atoms. The van der Waals surface area contributed by atoms with E-state index in [0.717, 1.165) is 31.8 Å². The van der Waals surface area contributed by atoms with E-state index in [9.17, 15) is 9.59 Å². The Kier molecular flexibility index (Phi) is 19.8. The SMILES string of the molecule is CC(C=O)CCCCCCCCCCCCCCCCCCC=O. The molecule has 1 atom stereocenters. The number of carbonyl (C=O) groups excluding carboxylic acids is 2. The van der Waals surface area contributed by atoms with Gasteiger partial charge in [0.05, 0.1) is 0 Å². The first-order valence-electron chi connectivity index (χ1n) is 10.7. The fraction of sp³-hybridized carbons (Fsp3) is 0.909. The van der Waals surface area contributed by atoms with E-state index >= 15 is 0 Å². The van der Waals surface area contributed by atoms with Crippen molar-refractivity contribution in [1.82, 2.24) is 0 Å². The van der Waals surface area contributed by atoms with Gasteiger partial charge in [-0.15, -0.1) is 0 Å². The summed E-state index contributed by atoms with van der Waals surface area (Å²) in [6.45, 7) is 2.02. The first-order valence-corrected chi connectivity index (χ1v) is 10.7. The lowest BCUT2D eigenvalue weighted by Crippen LogP contribution is -1.94. The zero-order valence-electron chi connectivity index (χ0n) is 16.3. The van der Waals surface area contributed by atoms with Crippen LogP contribution in [-0.2, 0) is 9.59 Å². The van der Waals surface area contributed by atoms with Gasteiger partial charge in [0.2, 0.25) is 0 Å². The molecule has 0 heterocycles. The molecule has 142 valence electrons. The highest BCUT2D eigenvalue weighted by Gasteiger charge is 1.99. The number of aldehydes is 2. The van der Waals surface area contributed by atoms with E-state index in [1.807, 2.05) is 6.92 Å². The molecule has 0 saturated heterocycles. The third-order valence-electron chi connectivity index (χ3n) is 4.96. The molecule has 0 aliphatic rings.